The van der Waals surface area contributed by atoms with Gasteiger partial charge < -0.3 is 16.0 Å². The van der Waals surface area contributed by atoms with Crippen LogP contribution in [0.3, 0.4) is 0 Å². The summed E-state index contributed by atoms with van der Waals surface area (Å²) in [7, 11) is 0. The van der Waals surface area contributed by atoms with Gasteiger partial charge in [0, 0.05) is 30.9 Å². The number of piperidine rings is 1. The van der Waals surface area contributed by atoms with Gasteiger partial charge in [-0.3, -0.25) is 4.79 Å². The maximum absolute atomic E-state index is 12.3. The molecule has 2 fully saturated rings. The summed E-state index contributed by atoms with van der Waals surface area (Å²) in [6, 6.07) is 8.60. The molecule has 0 unspecified atom stereocenters. The maximum atomic E-state index is 12.3. The third kappa shape index (κ3) is 2.89. The molecule has 1 aromatic carbocycles. The van der Waals surface area contributed by atoms with E-state index >= 15 is 0 Å². The fraction of sp³-hybridized carbons (Fsp3) is 0.533. The summed E-state index contributed by atoms with van der Waals surface area (Å²) in [6.07, 6.45) is 4.23. The third-order valence-electron chi connectivity index (χ3n) is 3.94. The second-order valence-corrected chi connectivity index (χ2v) is 5.59. The molecule has 4 heteroatoms. The molecule has 3 rings (SSSR count). The van der Waals surface area contributed by atoms with Crippen molar-refractivity contribution < 1.29 is 4.79 Å². The lowest BCUT2D eigenvalue weighted by Crippen LogP contribution is -2.40. The lowest BCUT2D eigenvalue weighted by Gasteiger charge is -2.33. The number of carbonyl (C=O) groups excluding carboxylic acids is 1. The fourth-order valence-corrected chi connectivity index (χ4v) is 2.57. The van der Waals surface area contributed by atoms with Crippen LogP contribution in [0.25, 0.3) is 0 Å². The van der Waals surface area contributed by atoms with Gasteiger partial charge in [0.2, 0.25) is 0 Å². The standard InChI is InChI=1S/C15H21N3O/c16-11-7-9-18(10-8-11)14-4-2-1-3-13(14)15(19)17-12-5-6-12/h1-4,11-12H,5-10,16H2,(H,17,19). The highest BCUT2D eigenvalue weighted by atomic mass is 16.1. The normalized spacial score (nSPS) is 20.4. The van der Waals surface area contributed by atoms with E-state index < -0.39 is 0 Å². The van der Waals surface area contributed by atoms with Crippen molar-refractivity contribution in [2.45, 2.75) is 37.8 Å². The van der Waals surface area contributed by atoms with Crippen molar-refractivity contribution >= 4 is 11.6 Å². The van der Waals surface area contributed by atoms with Crippen molar-refractivity contribution in [2.75, 3.05) is 18.0 Å². The molecule has 0 atom stereocenters. The van der Waals surface area contributed by atoms with Crippen LogP contribution in [-0.4, -0.2) is 31.1 Å². The van der Waals surface area contributed by atoms with Crippen LogP contribution in [0.4, 0.5) is 5.69 Å². The predicted molar refractivity (Wildman–Crippen MR) is 76.4 cm³/mol. The van der Waals surface area contributed by atoms with Gasteiger partial charge in [0.25, 0.3) is 5.91 Å². The zero-order valence-corrected chi connectivity index (χ0v) is 11.1. The first-order chi connectivity index (χ1) is 9.24. The maximum Gasteiger partial charge on any atom is 0.253 e. The summed E-state index contributed by atoms with van der Waals surface area (Å²) < 4.78 is 0. The molecule has 1 aliphatic carbocycles. The van der Waals surface area contributed by atoms with Gasteiger partial charge >= 0.3 is 0 Å². The Balaban J connectivity index is 1.78. The Bertz CT molecular complexity index is 462. The fourth-order valence-electron chi connectivity index (χ4n) is 2.57. The molecule has 1 aliphatic heterocycles. The predicted octanol–water partition coefficient (Wildman–Crippen LogP) is 1.51. The van der Waals surface area contributed by atoms with E-state index in [-0.39, 0.29) is 5.91 Å². The summed E-state index contributed by atoms with van der Waals surface area (Å²) in [4.78, 5) is 14.5. The highest BCUT2D eigenvalue weighted by Crippen LogP contribution is 2.25. The first-order valence-corrected chi connectivity index (χ1v) is 7.14. The molecule has 2 aliphatic rings. The number of carbonyl (C=O) groups is 1. The summed E-state index contributed by atoms with van der Waals surface area (Å²) in [5, 5.41) is 3.07. The summed E-state index contributed by atoms with van der Waals surface area (Å²) >= 11 is 0. The Labute approximate surface area is 114 Å². The van der Waals surface area contributed by atoms with Crippen LogP contribution < -0.4 is 16.0 Å². The summed E-state index contributed by atoms with van der Waals surface area (Å²) in [5.41, 5.74) is 7.79. The van der Waals surface area contributed by atoms with E-state index in [9.17, 15) is 4.79 Å². The average molecular weight is 259 g/mol. The van der Waals surface area contributed by atoms with Gasteiger partial charge in [-0.25, -0.2) is 0 Å². The number of hydrogen-bond donors (Lipinski definition) is 2. The largest absolute Gasteiger partial charge is 0.371 e. The molecule has 0 radical (unpaired) electrons. The van der Waals surface area contributed by atoms with Gasteiger partial charge in [0.1, 0.15) is 0 Å². The minimum atomic E-state index is 0.0629. The zero-order chi connectivity index (χ0) is 13.2. The molecule has 102 valence electrons. The van der Waals surface area contributed by atoms with Gasteiger partial charge in [0.05, 0.1) is 5.56 Å². The number of nitrogens with one attached hydrogen (secondary N) is 1. The number of nitrogens with zero attached hydrogens (tertiary/aromatic N) is 1. The minimum Gasteiger partial charge on any atom is -0.371 e. The number of rotatable bonds is 3. The van der Waals surface area contributed by atoms with Crippen LogP contribution in [0.5, 0.6) is 0 Å². The third-order valence-corrected chi connectivity index (χ3v) is 3.94. The minimum absolute atomic E-state index is 0.0629. The van der Waals surface area contributed by atoms with Gasteiger partial charge in [0.15, 0.2) is 0 Å². The molecule has 19 heavy (non-hydrogen) atoms. The SMILES string of the molecule is NC1CCN(c2ccccc2C(=O)NC2CC2)CC1. The number of anilines is 1. The molecule has 3 N–H and O–H groups in total. The molecule has 1 saturated heterocycles. The molecule has 4 nitrogen and oxygen atoms in total. The Kier molecular flexibility index (Phi) is 3.42. The van der Waals surface area contributed by atoms with Gasteiger partial charge in [-0.05, 0) is 37.8 Å². The lowest BCUT2D eigenvalue weighted by molar-refractivity contribution is 0.0951. The Morgan fingerprint density at radius 2 is 1.84 bits per heavy atom. The quantitative estimate of drug-likeness (QED) is 0.865. The molecule has 1 heterocycles. The molecule has 1 amide bonds. The monoisotopic (exact) mass is 259 g/mol. The van der Waals surface area contributed by atoms with Crippen molar-refractivity contribution in [1.29, 1.82) is 0 Å². The first kappa shape index (κ1) is 12.5. The van der Waals surface area contributed by atoms with Gasteiger partial charge in [-0.15, -0.1) is 0 Å². The lowest BCUT2D eigenvalue weighted by atomic mass is 10.0. The molecule has 0 spiro atoms. The highest BCUT2D eigenvalue weighted by molar-refractivity contribution is 6.00. The van der Waals surface area contributed by atoms with Crippen LogP contribution in [0.2, 0.25) is 0 Å². The van der Waals surface area contributed by atoms with Crippen molar-refractivity contribution in [1.82, 2.24) is 5.32 Å². The van der Waals surface area contributed by atoms with E-state index in [1.54, 1.807) is 0 Å². The van der Waals surface area contributed by atoms with Crippen molar-refractivity contribution in [2.24, 2.45) is 5.73 Å². The number of hydrogen-bond acceptors (Lipinski definition) is 3. The Hall–Kier alpha value is -1.55. The van der Waals surface area contributed by atoms with E-state index in [0.717, 1.165) is 50.0 Å². The smallest absolute Gasteiger partial charge is 0.253 e. The molecular weight excluding hydrogens is 238 g/mol. The Morgan fingerprint density at radius 1 is 1.16 bits per heavy atom. The van der Waals surface area contributed by atoms with Crippen molar-refractivity contribution in [3.05, 3.63) is 29.8 Å². The van der Waals surface area contributed by atoms with E-state index in [1.807, 2.05) is 24.3 Å². The average Bonchev–Trinajstić information content (AvgIpc) is 3.23. The van der Waals surface area contributed by atoms with Crippen LogP contribution in [0.15, 0.2) is 24.3 Å². The molecule has 1 aromatic rings. The number of benzene rings is 1. The van der Waals surface area contributed by atoms with E-state index in [1.165, 1.54) is 0 Å². The van der Waals surface area contributed by atoms with Crippen molar-refractivity contribution in [3.8, 4) is 0 Å². The van der Waals surface area contributed by atoms with E-state index in [0.29, 0.717) is 12.1 Å². The van der Waals surface area contributed by atoms with Crippen LogP contribution in [-0.2, 0) is 0 Å². The molecule has 0 aromatic heterocycles. The number of amides is 1. The van der Waals surface area contributed by atoms with Crippen LogP contribution in [0, 0.1) is 0 Å². The second kappa shape index (κ2) is 5.21. The van der Waals surface area contributed by atoms with Crippen LogP contribution in [0.1, 0.15) is 36.0 Å². The summed E-state index contributed by atoms with van der Waals surface area (Å²) in [6.45, 7) is 1.88. The van der Waals surface area contributed by atoms with Crippen molar-refractivity contribution in [3.63, 3.8) is 0 Å². The Morgan fingerprint density at radius 3 is 2.53 bits per heavy atom. The van der Waals surface area contributed by atoms with Gasteiger partial charge in [-0.2, -0.15) is 0 Å². The molecular formula is C15H21N3O. The highest BCUT2D eigenvalue weighted by Gasteiger charge is 2.26. The topological polar surface area (TPSA) is 58.4 Å². The van der Waals surface area contributed by atoms with Gasteiger partial charge in [-0.1, -0.05) is 12.1 Å². The van der Waals surface area contributed by atoms with E-state index in [2.05, 4.69) is 10.2 Å². The van der Waals surface area contributed by atoms with Crippen LogP contribution >= 0.6 is 0 Å². The zero-order valence-electron chi connectivity index (χ0n) is 11.1. The molecule has 0 bridgehead atoms. The first-order valence-electron chi connectivity index (χ1n) is 7.14. The summed E-state index contributed by atoms with van der Waals surface area (Å²) in [5.74, 6) is 0.0629. The number of nitrogens with two attached hydrogens (primary N) is 1. The molecule has 1 saturated carbocycles. The van der Waals surface area contributed by atoms with E-state index in [4.69, 9.17) is 5.73 Å². The second-order valence-electron chi connectivity index (χ2n) is 5.59. The number of para-hydroxylation sites is 1.